The van der Waals surface area contributed by atoms with Crippen molar-refractivity contribution in [3.05, 3.63) is 82.0 Å². The van der Waals surface area contributed by atoms with E-state index in [4.69, 9.17) is 4.74 Å². The number of rotatable bonds is 11. The Balaban J connectivity index is 1.79. The van der Waals surface area contributed by atoms with E-state index in [9.17, 15) is 9.59 Å². The third-order valence-electron chi connectivity index (χ3n) is 5.50. The number of hydrogen-bond acceptors (Lipinski definition) is 4. The lowest BCUT2D eigenvalue weighted by molar-refractivity contribution is -0.133. The molecule has 0 aliphatic rings. The van der Waals surface area contributed by atoms with Crippen LogP contribution in [0.2, 0.25) is 0 Å². The summed E-state index contributed by atoms with van der Waals surface area (Å²) >= 11 is 1.65. The number of nitrogens with zero attached hydrogens (tertiary/aromatic N) is 2. The van der Waals surface area contributed by atoms with Crippen molar-refractivity contribution in [1.82, 2.24) is 9.80 Å². The lowest BCUT2D eigenvalue weighted by Crippen LogP contribution is -2.45. The molecule has 1 aromatic heterocycles. The monoisotopic (exact) mass is 493 g/mol. The van der Waals surface area contributed by atoms with E-state index >= 15 is 0 Å². The first-order valence-corrected chi connectivity index (χ1v) is 12.9. The van der Waals surface area contributed by atoms with Gasteiger partial charge < -0.3 is 19.9 Å². The maximum atomic E-state index is 13.6. The van der Waals surface area contributed by atoms with E-state index in [0.29, 0.717) is 37.7 Å². The van der Waals surface area contributed by atoms with Crippen LogP contribution in [0.3, 0.4) is 0 Å². The normalized spacial score (nSPS) is 10.8. The van der Waals surface area contributed by atoms with Crippen LogP contribution in [0, 0.1) is 12.8 Å². The van der Waals surface area contributed by atoms with E-state index in [1.54, 1.807) is 22.3 Å². The summed E-state index contributed by atoms with van der Waals surface area (Å²) in [5.74, 6) is 0.728. The first-order chi connectivity index (χ1) is 16.9. The Labute approximate surface area is 212 Å². The van der Waals surface area contributed by atoms with E-state index in [2.05, 4.69) is 18.3 Å². The number of thiophene rings is 1. The molecule has 0 saturated carbocycles. The van der Waals surface area contributed by atoms with Gasteiger partial charge in [0.2, 0.25) is 5.91 Å². The van der Waals surface area contributed by atoms with Crippen molar-refractivity contribution in [1.29, 1.82) is 0 Å². The molecule has 1 N–H and O–H groups in total. The SMILES string of the molecule is CCOc1ccccc1NC(=O)N(CC(=O)N(Cc1ccccc1)Cc1sccc1C)CC(C)C. The third-order valence-corrected chi connectivity index (χ3v) is 6.51. The molecule has 2 aromatic carbocycles. The number of hydrogen-bond donors (Lipinski definition) is 1. The van der Waals surface area contributed by atoms with Crippen molar-refractivity contribution in [2.75, 3.05) is 25.0 Å². The maximum Gasteiger partial charge on any atom is 0.322 e. The number of ether oxygens (including phenoxy) is 1. The second kappa shape index (κ2) is 13.0. The summed E-state index contributed by atoms with van der Waals surface area (Å²) in [6.45, 7) is 10.00. The molecule has 7 heteroatoms. The predicted molar refractivity (Wildman–Crippen MR) is 143 cm³/mol. The molecule has 186 valence electrons. The van der Waals surface area contributed by atoms with Crippen LogP contribution in [0.4, 0.5) is 10.5 Å². The molecule has 3 rings (SSSR count). The second-order valence-corrected chi connectivity index (χ2v) is 9.90. The van der Waals surface area contributed by atoms with Gasteiger partial charge in [0, 0.05) is 18.0 Å². The van der Waals surface area contributed by atoms with Gasteiger partial charge in [0.05, 0.1) is 18.8 Å². The van der Waals surface area contributed by atoms with E-state index in [1.807, 2.05) is 79.6 Å². The fourth-order valence-corrected chi connectivity index (χ4v) is 4.67. The predicted octanol–water partition coefficient (Wildman–Crippen LogP) is 6.17. The zero-order chi connectivity index (χ0) is 25.2. The van der Waals surface area contributed by atoms with Crippen molar-refractivity contribution >= 4 is 29.0 Å². The van der Waals surface area contributed by atoms with Crippen LogP contribution >= 0.6 is 11.3 Å². The van der Waals surface area contributed by atoms with Gasteiger partial charge in [-0.25, -0.2) is 4.79 Å². The van der Waals surface area contributed by atoms with Gasteiger partial charge >= 0.3 is 6.03 Å². The van der Waals surface area contributed by atoms with Crippen LogP contribution in [0.5, 0.6) is 5.75 Å². The van der Waals surface area contributed by atoms with Crippen molar-refractivity contribution < 1.29 is 14.3 Å². The Morgan fingerprint density at radius 2 is 1.69 bits per heavy atom. The van der Waals surface area contributed by atoms with Crippen molar-refractivity contribution in [3.8, 4) is 5.75 Å². The number of para-hydroxylation sites is 2. The number of aryl methyl sites for hydroxylation is 1. The van der Waals surface area contributed by atoms with Gasteiger partial charge in [0.1, 0.15) is 12.3 Å². The van der Waals surface area contributed by atoms with E-state index < -0.39 is 0 Å². The van der Waals surface area contributed by atoms with Crippen molar-refractivity contribution in [2.24, 2.45) is 5.92 Å². The summed E-state index contributed by atoms with van der Waals surface area (Å²) in [5.41, 5.74) is 2.82. The Morgan fingerprint density at radius 3 is 2.34 bits per heavy atom. The average Bonchev–Trinajstić information content (AvgIpc) is 3.24. The summed E-state index contributed by atoms with van der Waals surface area (Å²) in [6, 6.07) is 19.0. The molecule has 0 aliphatic carbocycles. The molecule has 0 radical (unpaired) electrons. The molecule has 3 aromatic rings. The first kappa shape index (κ1) is 26.3. The molecule has 0 aliphatic heterocycles. The number of anilines is 1. The van der Waals surface area contributed by atoms with Crippen LogP contribution in [-0.2, 0) is 17.9 Å². The van der Waals surface area contributed by atoms with E-state index in [0.717, 1.165) is 10.4 Å². The zero-order valence-electron chi connectivity index (χ0n) is 21.0. The molecule has 0 bridgehead atoms. The number of amides is 3. The maximum absolute atomic E-state index is 13.6. The number of urea groups is 1. The molecule has 35 heavy (non-hydrogen) atoms. The zero-order valence-corrected chi connectivity index (χ0v) is 21.8. The van der Waals surface area contributed by atoms with Gasteiger partial charge in [-0.15, -0.1) is 11.3 Å². The Hall–Kier alpha value is -3.32. The number of nitrogens with one attached hydrogen (secondary N) is 1. The van der Waals surface area contributed by atoms with Crippen LogP contribution in [0.15, 0.2) is 66.0 Å². The van der Waals surface area contributed by atoms with Gasteiger partial charge in [-0.3, -0.25) is 4.79 Å². The lowest BCUT2D eigenvalue weighted by Gasteiger charge is -2.29. The summed E-state index contributed by atoms with van der Waals surface area (Å²) in [5, 5.41) is 4.99. The molecular weight excluding hydrogens is 458 g/mol. The minimum Gasteiger partial charge on any atom is -0.492 e. The molecule has 0 unspecified atom stereocenters. The Kier molecular flexibility index (Phi) is 9.73. The molecule has 0 saturated heterocycles. The second-order valence-electron chi connectivity index (χ2n) is 8.90. The van der Waals surface area contributed by atoms with Gasteiger partial charge in [-0.2, -0.15) is 0 Å². The third kappa shape index (κ3) is 7.86. The topological polar surface area (TPSA) is 61.9 Å². The van der Waals surface area contributed by atoms with Crippen molar-refractivity contribution in [3.63, 3.8) is 0 Å². The summed E-state index contributed by atoms with van der Waals surface area (Å²) in [7, 11) is 0. The highest BCUT2D eigenvalue weighted by Gasteiger charge is 2.24. The standard InChI is InChI=1S/C28H35N3O3S/c1-5-34-25-14-10-9-13-24(25)29-28(33)31(17-21(2)3)20-27(32)30(18-23-11-7-6-8-12-23)19-26-22(4)15-16-35-26/h6-16,21H,5,17-20H2,1-4H3,(H,29,33). The largest absolute Gasteiger partial charge is 0.492 e. The summed E-state index contributed by atoms with van der Waals surface area (Å²) in [4.78, 5) is 31.5. The summed E-state index contributed by atoms with van der Waals surface area (Å²) in [6.07, 6.45) is 0. The summed E-state index contributed by atoms with van der Waals surface area (Å²) < 4.78 is 5.65. The number of benzene rings is 2. The molecule has 0 atom stereocenters. The van der Waals surface area contributed by atoms with Gasteiger partial charge in [0.15, 0.2) is 0 Å². The minimum atomic E-state index is -0.314. The fraction of sp³-hybridized carbons (Fsp3) is 0.357. The highest BCUT2D eigenvalue weighted by molar-refractivity contribution is 7.10. The first-order valence-electron chi connectivity index (χ1n) is 12.0. The van der Waals surface area contributed by atoms with Gasteiger partial charge in [-0.05, 0) is 54.5 Å². The molecular formula is C28H35N3O3S. The van der Waals surface area contributed by atoms with Crippen LogP contribution in [-0.4, -0.2) is 41.4 Å². The highest BCUT2D eigenvalue weighted by atomic mass is 32.1. The molecule has 0 spiro atoms. The molecule has 3 amide bonds. The Bertz CT molecular complexity index is 1100. The smallest absolute Gasteiger partial charge is 0.322 e. The number of carbonyl (C=O) groups excluding carboxylic acids is 2. The van der Waals surface area contributed by atoms with Crippen LogP contribution in [0.25, 0.3) is 0 Å². The Morgan fingerprint density at radius 1 is 0.971 bits per heavy atom. The molecule has 1 heterocycles. The van der Waals surface area contributed by atoms with Crippen LogP contribution in [0.1, 0.15) is 36.8 Å². The van der Waals surface area contributed by atoms with Gasteiger partial charge in [-0.1, -0.05) is 56.3 Å². The van der Waals surface area contributed by atoms with E-state index in [-0.39, 0.29) is 24.4 Å². The van der Waals surface area contributed by atoms with Crippen LogP contribution < -0.4 is 10.1 Å². The minimum absolute atomic E-state index is 0.00191. The lowest BCUT2D eigenvalue weighted by atomic mass is 10.2. The number of carbonyl (C=O) groups is 2. The average molecular weight is 494 g/mol. The highest BCUT2D eigenvalue weighted by Crippen LogP contribution is 2.24. The fourth-order valence-electron chi connectivity index (χ4n) is 3.74. The molecule has 6 nitrogen and oxygen atoms in total. The molecule has 0 fully saturated rings. The van der Waals surface area contributed by atoms with E-state index in [1.165, 1.54) is 5.56 Å². The van der Waals surface area contributed by atoms with Crippen molar-refractivity contribution in [2.45, 2.75) is 40.8 Å². The quantitative estimate of drug-likeness (QED) is 0.347. The van der Waals surface area contributed by atoms with Gasteiger partial charge in [0.25, 0.3) is 0 Å².